The molecule has 2 heterocycles. The number of hydrogen-bond acceptors (Lipinski definition) is 6. The molecule has 0 aliphatic heterocycles. The number of carbonyl (C=O) groups excluding carboxylic acids is 1. The highest BCUT2D eigenvalue weighted by Crippen LogP contribution is 2.31. The molecule has 0 unspecified atom stereocenters. The lowest BCUT2D eigenvalue weighted by Gasteiger charge is -2.15. The van der Waals surface area contributed by atoms with Crippen molar-refractivity contribution in [2.24, 2.45) is 0 Å². The predicted molar refractivity (Wildman–Crippen MR) is 157 cm³/mol. The summed E-state index contributed by atoms with van der Waals surface area (Å²) in [6.45, 7) is 0. The molecule has 8 nitrogen and oxygen atoms in total. The van der Waals surface area contributed by atoms with Crippen LogP contribution in [0, 0.1) is 0 Å². The molecule has 0 fully saturated rings. The largest absolute Gasteiger partial charge is 0.497 e. The van der Waals surface area contributed by atoms with Crippen molar-refractivity contribution < 1.29 is 9.53 Å². The Balaban J connectivity index is 1.46. The standard InChI is InChI=1S/C31H23ClN6O2/c1-40-24-15-12-22(13-16-24)31(39)36-35-29-30(34-25-17-14-23(32)18-27(25)33-29)38-28(21-10-6-3-7-11-21)19-26(37-38)20-8-4-2-5-9-20/h2-19H,1H3,(H,33,35)(H,36,39). The van der Waals surface area contributed by atoms with Gasteiger partial charge in [-0.1, -0.05) is 72.3 Å². The summed E-state index contributed by atoms with van der Waals surface area (Å²) in [4.78, 5) is 22.6. The van der Waals surface area contributed by atoms with Gasteiger partial charge < -0.3 is 4.74 Å². The van der Waals surface area contributed by atoms with Gasteiger partial charge in [0.2, 0.25) is 0 Å². The van der Waals surface area contributed by atoms with E-state index in [0.717, 1.165) is 22.5 Å². The summed E-state index contributed by atoms with van der Waals surface area (Å²) < 4.78 is 6.93. The van der Waals surface area contributed by atoms with Gasteiger partial charge in [-0.25, -0.2) is 14.6 Å². The number of amides is 1. The predicted octanol–water partition coefficient (Wildman–Crippen LogP) is 6.57. The van der Waals surface area contributed by atoms with Crippen molar-refractivity contribution in [3.63, 3.8) is 0 Å². The number of fused-ring (bicyclic) bond motifs is 1. The summed E-state index contributed by atoms with van der Waals surface area (Å²) in [5.41, 5.74) is 10.8. The highest BCUT2D eigenvalue weighted by Gasteiger charge is 2.20. The Morgan fingerprint density at radius 1 is 0.800 bits per heavy atom. The van der Waals surface area contributed by atoms with Crippen molar-refractivity contribution in [1.29, 1.82) is 0 Å². The zero-order valence-corrected chi connectivity index (χ0v) is 22.1. The zero-order valence-electron chi connectivity index (χ0n) is 21.4. The third-order valence-electron chi connectivity index (χ3n) is 6.30. The van der Waals surface area contributed by atoms with Crippen molar-refractivity contribution >= 4 is 34.4 Å². The molecule has 1 amide bonds. The lowest BCUT2D eigenvalue weighted by Crippen LogP contribution is -2.30. The third-order valence-corrected chi connectivity index (χ3v) is 6.54. The van der Waals surface area contributed by atoms with Crippen LogP contribution in [0.15, 0.2) is 109 Å². The van der Waals surface area contributed by atoms with E-state index in [1.54, 1.807) is 54.3 Å². The topological polar surface area (TPSA) is 94.0 Å². The number of methoxy groups -OCH3 is 1. The monoisotopic (exact) mass is 546 g/mol. The SMILES string of the molecule is COc1ccc(C(=O)NNc2nc3cc(Cl)ccc3nc2-n2nc(-c3ccccc3)cc2-c2ccccc2)cc1. The molecule has 6 aromatic rings. The summed E-state index contributed by atoms with van der Waals surface area (Å²) >= 11 is 6.25. The van der Waals surface area contributed by atoms with Crippen molar-refractivity contribution in [2.45, 2.75) is 0 Å². The first kappa shape index (κ1) is 25.1. The maximum atomic E-state index is 13.0. The molecule has 4 aromatic carbocycles. The molecule has 0 bridgehead atoms. The van der Waals surface area contributed by atoms with Crippen molar-refractivity contribution in [1.82, 2.24) is 25.2 Å². The molecule has 0 aliphatic carbocycles. The molecule has 0 atom stereocenters. The Labute approximate surface area is 235 Å². The van der Waals surface area contributed by atoms with Gasteiger partial charge in [-0.3, -0.25) is 15.6 Å². The van der Waals surface area contributed by atoms with Crippen LogP contribution < -0.4 is 15.6 Å². The molecule has 40 heavy (non-hydrogen) atoms. The van der Waals surface area contributed by atoms with E-state index >= 15 is 0 Å². The van der Waals surface area contributed by atoms with E-state index in [1.165, 1.54) is 0 Å². The average molecular weight is 547 g/mol. The molecular formula is C31H23ClN6O2. The third kappa shape index (κ3) is 5.08. The van der Waals surface area contributed by atoms with Crippen LogP contribution in [0.2, 0.25) is 5.02 Å². The summed E-state index contributed by atoms with van der Waals surface area (Å²) in [5.74, 6) is 1.02. The van der Waals surface area contributed by atoms with Crippen molar-refractivity contribution in [3.8, 4) is 34.1 Å². The molecule has 9 heteroatoms. The lowest BCUT2D eigenvalue weighted by atomic mass is 10.1. The number of nitrogens with zero attached hydrogens (tertiary/aromatic N) is 4. The molecule has 0 saturated carbocycles. The smallest absolute Gasteiger partial charge is 0.269 e. The number of hydrazine groups is 1. The minimum atomic E-state index is -0.352. The first-order valence-electron chi connectivity index (χ1n) is 12.5. The Bertz CT molecular complexity index is 1810. The fraction of sp³-hybridized carbons (Fsp3) is 0.0323. The number of aromatic nitrogens is 4. The summed E-state index contributed by atoms with van der Waals surface area (Å²) in [7, 11) is 1.57. The van der Waals surface area contributed by atoms with Gasteiger partial charge in [0.15, 0.2) is 11.6 Å². The van der Waals surface area contributed by atoms with Crippen molar-refractivity contribution in [2.75, 3.05) is 12.5 Å². The van der Waals surface area contributed by atoms with Crippen molar-refractivity contribution in [3.05, 3.63) is 120 Å². The second kappa shape index (κ2) is 10.9. The van der Waals surface area contributed by atoms with Gasteiger partial charge >= 0.3 is 0 Å². The number of rotatable bonds is 7. The van der Waals surface area contributed by atoms with Crippen LogP contribution in [-0.4, -0.2) is 32.8 Å². The average Bonchev–Trinajstić information content (AvgIpc) is 3.46. The highest BCUT2D eigenvalue weighted by molar-refractivity contribution is 6.31. The van der Waals surface area contributed by atoms with E-state index in [-0.39, 0.29) is 5.91 Å². The van der Waals surface area contributed by atoms with E-state index in [1.807, 2.05) is 66.7 Å². The molecule has 0 spiro atoms. The van der Waals surface area contributed by atoms with E-state index in [4.69, 9.17) is 31.4 Å². The molecule has 0 radical (unpaired) electrons. The summed E-state index contributed by atoms with van der Waals surface area (Å²) in [6, 6.07) is 33.9. The molecule has 196 valence electrons. The quantitative estimate of drug-likeness (QED) is 0.220. The first-order valence-corrected chi connectivity index (χ1v) is 12.9. The second-order valence-corrected chi connectivity index (χ2v) is 9.33. The number of carbonyl (C=O) groups is 1. The molecule has 2 N–H and O–H groups in total. The molecular weight excluding hydrogens is 524 g/mol. The van der Waals surface area contributed by atoms with E-state index in [2.05, 4.69) is 10.9 Å². The fourth-order valence-electron chi connectivity index (χ4n) is 4.29. The normalized spacial score (nSPS) is 10.8. The van der Waals surface area contributed by atoms with Crippen LogP contribution in [0.25, 0.3) is 39.4 Å². The maximum Gasteiger partial charge on any atom is 0.269 e. The van der Waals surface area contributed by atoms with Gasteiger partial charge in [0.25, 0.3) is 5.91 Å². The van der Waals surface area contributed by atoms with Crippen LogP contribution in [0.1, 0.15) is 10.4 Å². The minimum absolute atomic E-state index is 0.302. The summed E-state index contributed by atoms with van der Waals surface area (Å²) in [5, 5.41) is 5.46. The summed E-state index contributed by atoms with van der Waals surface area (Å²) in [6.07, 6.45) is 0. The highest BCUT2D eigenvalue weighted by atomic mass is 35.5. The van der Waals surface area contributed by atoms with Gasteiger partial charge in [-0.05, 0) is 48.5 Å². The van der Waals surface area contributed by atoms with Gasteiger partial charge in [0.1, 0.15) is 5.75 Å². The van der Waals surface area contributed by atoms with Gasteiger partial charge in [0.05, 0.1) is 29.5 Å². The molecule has 0 aliphatic rings. The van der Waals surface area contributed by atoms with Crippen LogP contribution in [0.4, 0.5) is 5.82 Å². The number of ether oxygens (including phenoxy) is 1. The second-order valence-electron chi connectivity index (χ2n) is 8.90. The number of anilines is 1. The minimum Gasteiger partial charge on any atom is -0.497 e. The van der Waals surface area contributed by atoms with Crippen LogP contribution >= 0.6 is 11.6 Å². The Hall–Kier alpha value is -5.21. The Kier molecular flexibility index (Phi) is 6.82. The van der Waals surface area contributed by atoms with E-state index in [9.17, 15) is 4.79 Å². The fourth-order valence-corrected chi connectivity index (χ4v) is 4.45. The number of nitrogens with one attached hydrogen (secondary N) is 2. The molecule has 6 rings (SSSR count). The molecule has 2 aromatic heterocycles. The van der Waals surface area contributed by atoms with E-state index < -0.39 is 0 Å². The number of benzene rings is 4. The number of hydrogen-bond donors (Lipinski definition) is 2. The van der Waals surface area contributed by atoms with Gasteiger partial charge in [0, 0.05) is 21.7 Å². The first-order chi connectivity index (χ1) is 19.6. The van der Waals surface area contributed by atoms with Crippen LogP contribution in [-0.2, 0) is 0 Å². The zero-order chi connectivity index (χ0) is 27.5. The Morgan fingerprint density at radius 3 is 2.20 bits per heavy atom. The van der Waals surface area contributed by atoms with Gasteiger partial charge in [-0.2, -0.15) is 5.10 Å². The van der Waals surface area contributed by atoms with Gasteiger partial charge in [-0.15, -0.1) is 0 Å². The van der Waals surface area contributed by atoms with Crippen LogP contribution in [0.3, 0.4) is 0 Å². The van der Waals surface area contributed by atoms with E-state index in [0.29, 0.717) is 39.0 Å². The lowest BCUT2D eigenvalue weighted by molar-refractivity contribution is 0.0962. The molecule has 0 saturated heterocycles. The van der Waals surface area contributed by atoms with Crippen LogP contribution in [0.5, 0.6) is 5.75 Å². The maximum absolute atomic E-state index is 13.0. The number of halogens is 1. The Morgan fingerprint density at radius 2 is 1.50 bits per heavy atom.